The third-order valence-corrected chi connectivity index (χ3v) is 3.57. The van der Waals surface area contributed by atoms with Crippen LogP contribution >= 0.6 is 0 Å². The molecule has 1 heterocycles. The minimum Gasteiger partial charge on any atom is -0.375 e. The lowest BCUT2D eigenvalue weighted by Gasteiger charge is -2.34. The van der Waals surface area contributed by atoms with Crippen molar-refractivity contribution in [2.75, 3.05) is 33.4 Å². The van der Waals surface area contributed by atoms with Crippen molar-refractivity contribution < 1.29 is 14.3 Å². The van der Waals surface area contributed by atoms with Gasteiger partial charge in [0.1, 0.15) is 6.61 Å². The minimum atomic E-state index is -0.0966. The normalized spacial score (nSPS) is 18.2. The Morgan fingerprint density at radius 3 is 2.53 bits per heavy atom. The fourth-order valence-corrected chi connectivity index (χ4v) is 2.34. The topological polar surface area (TPSA) is 84.7 Å². The molecule has 1 aliphatic heterocycles. The highest BCUT2D eigenvalue weighted by atomic mass is 16.5. The van der Waals surface area contributed by atoms with Crippen LogP contribution in [-0.2, 0) is 14.3 Å². The molecule has 6 nitrogen and oxygen atoms in total. The molecule has 1 atom stereocenters. The predicted molar refractivity (Wildman–Crippen MR) is 72.5 cm³/mol. The van der Waals surface area contributed by atoms with Gasteiger partial charge in [-0.3, -0.25) is 9.59 Å². The number of carbonyl (C=O) groups excluding carboxylic acids is 2. The molecule has 0 bridgehead atoms. The van der Waals surface area contributed by atoms with Gasteiger partial charge in [0.05, 0.1) is 5.92 Å². The number of methoxy groups -OCH3 is 1. The van der Waals surface area contributed by atoms with Crippen molar-refractivity contribution in [2.45, 2.75) is 32.2 Å². The molecule has 0 aromatic carbocycles. The lowest BCUT2D eigenvalue weighted by molar-refractivity contribution is -0.136. The molecule has 3 N–H and O–H groups in total. The van der Waals surface area contributed by atoms with Gasteiger partial charge in [0.25, 0.3) is 0 Å². The molecule has 1 unspecified atom stereocenters. The first-order valence-electron chi connectivity index (χ1n) is 6.89. The highest BCUT2D eigenvalue weighted by Gasteiger charge is 2.27. The summed E-state index contributed by atoms with van der Waals surface area (Å²) >= 11 is 0. The summed E-state index contributed by atoms with van der Waals surface area (Å²) in [6.45, 7) is 3.84. The molecule has 0 spiro atoms. The van der Waals surface area contributed by atoms with Gasteiger partial charge in [-0.1, -0.05) is 6.92 Å². The lowest BCUT2D eigenvalue weighted by atomic mass is 10.0. The number of ether oxygens (including phenoxy) is 1. The highest BCUT2D eigenvalue weighted by Crippen LogP contribution is 2.14. The number of amides is 2. The Balaban J connectivity index is 2.36. The first kappa shape index (κ1) is 15.9. The van der Waals surface area contributed by atoms with Gasteiger partial charge in [0, 0.05) is 32.8 Å². The predicted octanol–water partition coefficient (Wildman–Crippen LogP) is -0.275. The number of likely N-dealkylation sites (tertiary alicyclic amines) is 1. The molecular weight excluding hydrogens is 246 g/mol. The molecule has 0 aromatic heterocycles. The van der Waals surface area contributed by atoms with Crippen LogP contribution in [0.2, 0.25) is 0 Å². The zero-order valence-electron chi connectivity index (χ0n) is 11.9. The van der Waals surface area contributed by atoms with E-state index in [9.17, 15) is 9.59 Å². The van der Waals surface area contributed by atoms with Crippen molar-refractivity contribution in [3.63, 3.8) is 0 Å². The second-order valence-corrected chi connectivity index (χ2v) is 4.94. The molecular formula is C13H25N3O3. The largest absolute Gasteiger partial charge is 0.375 e. The summed E-state index contributed by atoms with van der Waals surface area (Å²) in [6.07, 6.45) is 2.37. The van der Waals surface area contributed by atoms with E-state index >= 15 is 0 Å². The number of piperidine rings is 1. The molecule has 1 fully saturated rings. The second-order valence-electron chi connectivity index (χ2n) is 4.94. The Morgan fingerprint density at radius 2 is 2.05 bits per heavy atom. The number of rotatable bonds is 6. The van der Waals surface area contributed by atoms with Crippen LogP contribution in [0.5, 0.6) is 0 Å². The van der Waals surface area contributed by atoms with Crippen LogP contribution in [0, 0.1) is 5.92 Å². The summed E-state index contributed by atoms with van der Waals surface area (Å²) in [4.78, 5) is 25.4. The average molecular weight is 271 g/mol. The van der Waals surface area contributed by atoms with Gasteiger partial charge in [-0.2, -0.15) is 0 Å². The minimum absolute atomic E-state index is 0.0698. The maximum atomic E-state index is 12.1. The Bertz CT molecular complexity index is 298. The van der Waals surface area contributed by atoms with Crippen molar-refractivity contribution in [1.29, 1.82) is 0 Å². The van der Waals surface area contributed by atoms with E-state index in [0.29, 0.717) is 19.6 Å². The van der Waals surface area contributed by atoms with Crippen molar-refractivity contribution in [1.82, 2.24) is 10.2 Å². The Kier molecular flexibility index (Phi) is 6.80. The van der Waals surface area contributed by atoms with Crippen molar-refractivity contribution in [2.24, 2.45) is 11.7 Å². The van der Waals surface area contributed by atoms with E-state index in [1.54, 1.807) is 0 Å². The van der Waals surface area contributed by atoms with Crippen molar-refractivity contribution >= 4 is 11.8 Å². The summed E-state index contributed by atoms with van der Waals surface area (Å²) in [7, 11) is 1.50. The lowest BCUT2D eigenvalue weighted by Crippen LogP contribution is -2.49. The third kappa shape index (κ3) is 4.80. The summed E-state index contributed by atoms with van der Waals surface area (Å²) in [5, 5.41) is 2.91. The Morgan fingerprint density at radius 1 is 1.42 bits per heavy atom. The van der Waals surface area contributed by atoms with E-state index < -0.39 is 0 Å². The first-order chi connectivity index (χ1) is 9.12. The van der Waals surface area contributed by atoms with Crippen molar-refractivity contribution in [3.05, 3.63) is 0 Å². The number of hydrogen-bond acceptors (Lipinski definition) is 4. The molecule has 1 aliphatic rings. The number of nitrogens with zero attached hydrogens (tertiary/aromatic N) is 1. The van der Waals surface area contributed by atoms with Crippen LogP contribution in [0.4, 0.5) is 0 Å². The summed E-state index contributed by atoms with van der Waals surface area (Å²) in [6, 6.07) is 0.143. The number of nitrogens with one attached hydrogen (secondary N) is 1. The average Bonchev–Trinajstić information content (AvgIpc) is 2.41. The van der Waals surface area contributed by atoms with Gasteiger partial charge < -0.3 is 20.7 Å². The second kappa shape index (κ2) is 8.12. The molecule has 0 aliphatic carbocycles. The molecule has 2 amide bonds. The highest BCUT2D eigenvalue weighted by molar-refractivity contribution is 5.79. The summed E-state index contributed by atoms with van der Waals surface area (Å²) in [5.74, 6) is -0.0213. The van der Waals surface area contributed by atoms with Gasteiger partial charge in [-0.25, -0.2) is 0 Å². The van der Waals surface area contributed by atoms with E-state index in [0.717, 1.165) is 19.3 Å². The van der Waals surface area contributed by atoms with E-state index in [2.05, 4.69) is 5.32 Å². The standard InChI is InChI=1S/C13H25N3O3/c1-3-10(8-14)13(18)16-6-4-11(5-7-16)15-12(17)9-19-2/h10-11H,3-9,14H2,1-2H3,(H,15,17). The molecule has 0 saturated carbocycles. The van der Waals surface area contributed by atoms with Crippen LogP contribution in [0.25, 0.3) is 0 Å². The van der Waals surface area contributed by atoms with Crippen LogP contribution in [0.1, 0.15) is 26.2 Å². The monoisotopic (exact) mass is 271 g/mol. The maximum absolute atomic E-state index is 12.1. The third-order valence-electron chi connectivity index (χ3n) is 3.57. The zero-order valence-corrected chi connectivity index (χ0v) is 11.9. The number of nitrogens with two attached hydrogens (primary N) is 1. The number of carbonyl (C=O) groups is 2. The maximum Gasteiger partial charge on any atom is 0.246 e. The fourth-order valence-electron chi connectivity index (χ4n) is 2.34. The van der Waals surface area contributed by atoms with Gasteiger partial charge >= 0.3 is 0 Å². The van der Waals surface area contributed by atoms with Gasteiger partial charge in [-0.15, -0.1) is 0 Å². The number of hydrogen-bond donors (Lipinski definition) is 2. The van der Waals surface area contributed by atoms with Crippen LogP contribution in [0.3, 0.4) is 0 Å². The Labute approximate surface area is 114 Å². The van der Waals surface area contributed by atoms with Crippen LogP contribution in [-0.4, -0.2) is 56.1 Å². The Hall–Kier alpha value is -1.14. The quantitative estimate of drug-likeness (QED) is 0.696. The molecule has 0 radical (unpaired) electrons. The smallest absolute Gasteiger partial charge is 0.246 e. The summed E-state index contributed by atoms with van der Waals surface area (Å²) < 4.78 is 4.77. The first-order valence-corrected chi connectivity index (χ1v) is 6.89. The zero-order chi connectivity index (χ0) is 14.3. The van der Waals surface area contributed by atoms with Gasteiger partial charge in [-0.05, 0) is 19.3 Å². The van der Waals surface area contributed by atoms with E-state index in [-0.39, 0.29) is 30.4 Å². The molecule has 0 aromatic rings. The van der Waals surface area contributed by atoms with Crippen molar-refractivity contribution in [3.8, 4) is 0 Å². The van der Waals surface area contributed by atoms with Gasteiger partial charge in [0.15, 0.2) is 0 Å². The van der Waals surface area contributed by atoms with Crippen LogP contribution < -0.4 is 11.1 Å². The van der Waals surface area contributed by atoms with Crippen LogP contribution in [0.15, 0.2) is 0 Å². The fraction of sp³-hybridized carbons (Fsp3) is 0.846. The van der Waals surface area contributed by atoms with Gasteiger partial charge in [0.2, 0.25) is 11.8 Å². The molecule has 1 rings (SSSR count). The molecule has 19 heavy (non-hydrogen) atoms. The van der Waals surface area contributed by atoms with E-state index in [4.69, 9.17) is 10.5 Å². The SMILES string of the molecule is CCC(CN)C(=O)N1CCC(NC(=O)COC)CC1. The molecule has 110 valence electrons. The van der Waals surface area contributed by atoms with E-state index in [1.807, 2.05) is 11.8 Å². The summed E-state index contributed by atoms with van der Waals surface area (Å²) in [5.41, 5.74) is 5.60. The van der Waals surface area contributed by atoms with E-state index in [1.165, 1.54) is 7.11 Å². The molecule has 1 saturated heterocycles. The molecule has 6 heteroatoms.